The minimum Gasteiger partial charge on any atom is -0.492 e. The van der Waals surface area contributed by atoms with Crippen molar-refractivity contribution >= 4 is 17.3 Å². The molecule has 4 heteroatoms. The van der Waals surface area contributed by atoms with Gasteiger partial charge in [-0.3, -0.25) is 0 Å². The number of halogens is 1. The summed E-state index contributed by atoms with van der Waals surface area (Å²) in [6, 6.07) is 6.25. The Balaban J connectivity index is 2.81. The van der Waals surface area contributed by atoms with Crippen LogP contribution in [-0.4, -0.2) is 26.2 Å². The third-order valence-corrected chi connectivity index (χ3v) is 3.16. The number of nitrogens with two attached hydrogens (primary N) is 1. The molecule has 0 saturated heterocycles. The van der Waals surface area contributed by atoms with Gasteiger partial charge in [0, 0.05) is 18.8 Å². The number of anilines is 1. The summed E-state index contributed by atoms with van der Waals surface area (Å²) in [5.74, 6) is 0.734. The fourth-order valence-electron chi connectivity index (χ4n) is 1.67. The molecule has 0 saturated carbocycles. The Morgan fingerprint density at radius 3 is 2.71 bits per heavy atom. The fourth-order valence-corrected chi connectivity index (χ4v) is 1.90. The van der Waals surface area contributed by atoms with Crippen molar-refractivity contribution < 1.29 is 4.74 Å². The van der Waals surface area contributed by atoms with E-state index in [4.69, 9.17) is 22.1 Å². The quantitative estimate of drug-likeness (QED) is 0.851. The van der Waals surface area contributed by atoms with Crippen LogP contribution in [0.15, 0.2) is 18.2 Å². The van der Waals surface area contributed by atoms with E-state index in [-0.39, 0.29) is 0 Å². The molecule has 1 rings (SSSR count). The topological polar surface area (TPSA) is 38.5 Å². The van der Waals surface area contributed by atoms with E-state index in [1.54, 1.807) is 0 Å². The summed E-state index contributed by atoms with van der Waals surface area (Å²) in [4.78, 5) is 2.18. The highest BCUT2D eigenvalue weighted by Crippen LogP contribution is 2.29. The summed E-state index contributed by atoms with van der Waals surface area (Å²) < 4.78 is 5.41. The third-order valence-electron chi connectivity index (χ3n) is 2.87. The zero-order valence-electron chi connectivity index (χ0n) is 10.7. The molecule has 0 radical (unpaired) electrons. The standard InChI is InChI=1S/C13H21ClN2O/c1-4-17-13-6-5-11(9-12(13)14)16(3)10(2)7-8-15/h5-6,9-10H,4,7-8,15H2,1-3H3. The molecular weight excluding hydrogens is 236 g/mol. The molecule has 0 aliphatic carbocycles. The molecule has 0 bridgehead atoms. The van der Waals surface area contributed by atoms with Gasteiger partial charge in [0.05, 0.1) is 11.6 Å². The van der Waals surface area contributed by atoms with Crippen molar-refractivity contribution in [1.82, 2.24) is 0 Å². The summed E-state index contributed by atoms with van der Waals surface area (Å²) in [6.07, 6.45) is 0.960. The normalized spacial score (nSPS) is 12.3. The van der Waals surface area contributed by atoms with E-state index in [1.807, 2.05) is 32.2 Å². The molecule has 3 nitrogen and oxygen atoms in total. The second-order valence-corrected chi connectivity index (χ2v) is 4.49. The van der Waals surface area contributed by atoms with E-state index in [0.717, 1.165) is 17.9 Å². The van der Waals surface area contributed by atoms with Crippen molar-refractivity contribution in [2.45, 2.75) is 26.3 Å². The number of ether oxygens (including phenoxy) is 1. The zero-order valence-corrected chi connectivity index (χ0v) is 11.5. The van der Waals surface area contributed by atoms with Gasteiger partial charge in [0.15, 0.2) is 0 Å². The molecule has 2 N–H and O–H groups in total. The Morgan fingerprint density at radius 2 is 2.18 bits per heavy atom. The Hall–Kier alpha value is -0.930. The monoisotopic (exact) mass is 256 g/mol. The van der Waals surface area contributed by atoms with Gasteiger partial charge in [-0.05, 0) is 45.0 Å². The van der Waals surface area contributed by atoms with E-state index in [9.17, 15) is 0 Å². The Kier molecular flexibility index (Phi) is 5.59. The first kappa shape index (κ1) is 14.1. The first-order chi connectivity index (χ1) is 8.10. The van der Waals surface area contributed by atoms with Crippen LogP contribution < -0.4 is 15.4 Å². The molecule has 0 spiro atoms. The molecule has 1 aromatic rings. The number of nitrogens with zero attached hydrogens (tertiary/aromatic N) is 1. The van der Waals surface area contributed by atoms with E-state index < -0.39 is 0 Å². The second kappa shape index (κ2) is 6.72. The van der Waals surface area contributed by atoms with Crippen LogP contribution in [-0.2, 0) is 0 Å². The second-order valence-electron chi connectivity index (χ2n) is 4.09. The Bertz CT molecular complexity index is 357. The van der Waals surface area contributed by atoms with Gasteiger partial charge in [0.25, 0.3) is 0 Å². The third kappa shape index (κ3) is 3.79. The van der Waals surface area contributed by atoms with Crippen LogP contribution in [0.2, 0.25) is 5.02 Å². The average Bonchev–Trinajstić information content (AvgIpc) is 2.31. The van der Waals surface area contributed by atoms with Crippen LogP contribution in [0.4, 0.5) is 5.69 Å². The molecule has 1 aromatic carbocycles. The number of rotatable bonds is 6. The molecule has 0 aliphatic heterocycles. The molecular formula is C13H21ClN2O. The molecule has 96 valence electrons. The number of hydrogen-bond acceptors (Lipinski definition) is 3. The predicted octanol–water partition coefficient (Wildman–Crippen LogP) is 2.91. The molecule has 0 fully saturated rings. The van der Waals surface area contributed by atoms with Crippen molar-refractivity contribution in [2.24, 2.45) is 5.73 Å². The molecule has 0 amide bonds. The van der Waals surface area contributed by atoms with Gasteiger partial charge in [0.1, 0.15) is 5.75 Å². The van der Waals surface area contributed by atoms with E-state index in [1.165, 1.54) is 0 Å². The Labute approximate surface area is 109 Å². The lowest BCUT2D eigenvalue weighted by Crippen LogP contribution is -2.30. The lowest BCUT2D eigenvalue weighted by atomic mass is 10.2. The van der Waals surface area contributed by atoms with Crippen molar-refractivity contribution in [3.63, 3.8) is 0 Å². The van der Waals surface area contributed by atoms with Crippen LogP contribution in [0, 0.1) is 0 Å². The smallest absolute Gasteiger partial charge is 0.138 e. The number of hydrogen-bond donors (Lipinski definition) is 1. The van der Waals surface area contributed by atoms with Crippen LogP contribution >= 0.6 is 11.6 Å². The van der Waals surface area contributed by atoms with Gasteiger partial charge in [-0.2, -0.15) is 0 Å². The summed E-state index contributed by atoms with van der Waals surface area (Å²) in [7, 11) is 2.05. The first-order valence-corrected chi connectivity index (χ1v) is 6.33. The van der Waals surface area contributed by atoms with Gasteiger partial charge in [-0.25, -0.2) is 0 Å². The van der Waals surface area contributed by atoms with Gasteiger partial charge >= 0.3 is 0 Å². The summed E-state index contributed by atoms with van der Waals surface area (Å²) in [6.45, 7) is 5.41. The van der Waals surface area contributed by atoms with Gasteiger partial charge in [-0.1, -0.05) is 11.6 Å². The molecule has 17 heavy (non-hydrogen) atoms. The lowest BCUT2D eigenvalue weighted by molar-refractivity contribution is 0.340. The van der Waals surface area contributed by atoms with E-state index >= 15 is 0 Å². The van der Waals surface area contributed by atoms with Crippen LogP contribution in [0.25, 0.3) is 0 Å². The summed E-state index contributed by atoms with van der Waals surface area (Å²) in [5, 5.41) is 0.649. The molecule has 1 unspecified atom stereocenters. The molecule has 0 aliphatic rings. The van der Waals surface area contributed by atoms with E-state index in [0.29, 0.717) is 24.2 Å². The number of benzene rings is 1. The SMILES string of the molecule is CCOc1ccc(N(C)C(C)CCN)cc1Cl. The van der Waals surface area contributed by atoms with Gasteiger partial charge in [-0.15, -0.1) is 0 Å². The zero-order chi connectivity index (χ0) is 12.8. The fraction of sp³-hybridized carbons (Fsp3) is 0.538. The maximum Gasteiger partial charge on any atom is 0.138 e. The van der Waals surface area contributed by atoms with Crippen molar-refractivity contribution in [3.05, 3.63) is 23.2 Å². The van der Waals surface area contributed by atoms with Crippen LogP contribution in [0.1, 0.15) is 20.3 Å². The predicted molar refractivity (Wildman–Crippen MR) is 74.2 cm³/mol. The van der Waals surface area contributed by atoms with Crippen molar-refractivity contribution in [2.75, 3.05) is 25.1 Å². The maximum absolute atomic E-state index is 6.16. The Morgan fingerprint density at radius 1 is 1.47 bits per heavy atom. The van der Waals surface area contributed by atoms with Gasteiger partial charge < -0.3 is 15.4 Å². The minimum absolute atomic E-state index is 0.397. The van der Waals surface area contributed by atoms with Crippen LogP contribution in [0.5, 0.6) is 5.75 Å². The maximum atomic E-state index is 6.16. The van der Waals surface area contributed by atoms with Crippen LogP contribution in [0.3, 0.4) is 0 Å². The highest BCUT2D eigenvalue weighted by molar-refractivity contribution is 6.32. The molecule has 1 atom stereocenters. The summed E-state index contributed by atoms with van der Waals surface area (Å²) >= 11 is 6.16. The van der Waals surface area contributed by atoms with Crippen molar-refractivity contribution in [3.8, 4) is 5.75 Å². The van der Waals surface area contributed by atoms with Gasteiger partial charge in [0.2, 0.25) is 0 Å². The molecule has 0 heterocycles. The minimum atomic E-state index is 0.397. The highest BCUT2D eigenvalue weighted by atomic mass is 35.5. The largest absolute Gasteiger partial charge is 0.492 e. The lowest BCUT2D eigenvalue weighted by Gasteiger charge is -2.27. The van der Waals surface area contributed by atoms with Crippen molar-refractivity contribution in [1.29, 1.82) is 0 Å². The summed E-state index contributed by atoms with van der Waals surface area (Å²) in [5.41, 5.74) is 6.65. The van der Waals surface area contributed by atoms with E-state index in [2.05, 4.69) is 11.8 Å². The average molecular weight is 257 g/mol. The molecule has 0 aromatic heterocycles. The first-order valence-electron chi connectivity index (χ1n) is 5.95. The highest BCUT2D eigenvalue weighted by Gasteiger charge is 2.11.